The number of carbonyl (C=O) groups is 4. The largest absolute Gasteiger partial charge is 0.456 e. The van der Waals surface area contributed by atoms with Crippen molar-refractivity contribution in [2.75, 3.05) is 27.9 Å². The SMILES string of the molecule is C=CCC1C=C(C)CC(C)CC(OC)C2OC(O)(C(=O)C(=O)N3CCCCC3C(=O)OC(C(C)=CC3(OC)CCCCC3)C(C)C(O)CC1=O)C(C)CC2OC. The molecular weight excluding hydrogens is 718 g/mol. The van der Waals surface area contributed by atoms with Gasteiger partial charge in [-0.25, -0.2) is 4.79 Å². The molecule has 0 aromatic rings. The summed E-state index contributed by atoms with van der Waals surface area (Å²) in [6.07, 6.45) is 9.00. The molecule has 3 aliphatic heterocycles. The lowest BCUT2D eigenvalue weighted by Gasteiger charge is -2.47. The summed E-state index contributed by atoms with van der Waals surface area (Å²) in [7, 11) is 4.74. The minimum atomic E-state index is -2.50. The number of rotatable bonds is 7. The predicted molar refractivity (Wildman–Crippen MR) is 211 cm³/mol. The van der Waals surface area contributed by atoms with Gasteiger partial charge in [0, 0.05) is 52.0 Å². The van der Waals surface area contributed by atoms with Crippen molar-refractivity contribution in [2.24, 2.45) is 23.7 Å². The van der Waals surface area contributed by atoms with Gasteiger partial charge >= 0.3 is 5.97 Å². The zero-order valence-corrected chi connectivity index (χ0v) is 35.1. The summed E-state index contributed by atoms with van der Waals surface area (Å²) in [5.74, 6) is -7.59. The highest BCUT2D eigenvalue weighted by Crippen LogP contribution is 2.40. The Morgan fingerprint density at radius 3 is 2.27 bits per heavy atom. The number of methoxy groups -OCH3 is 3. The van der Waals surface area contributed by atoms with Gasteiger partial charge in [-0.3, -0.25) is 14.4 Å². The van der Waals surface area contributed by atoms with Crippen LogP contribution >= 0.6 is 0 Å². The van der Waals surface area contributed by atoms with Crippen LogP contribution in [-0.2, 0) is 42.9 Å². The van der Waals surface area contributed by atoms with Gasteiger partial charge in [0.2, 0.25) is 5.79 Å². The van der Waals surface area contributed by atoms with Gasteiger partial charge in [0.1, 0.15) is 24.0 Å². The number of hydrogen-bond acceptors (Lipinski definition) is 11. The number of ketones is 2. The maximum absolute atomic E-state index is 14.3. The molecule has 1 aliphatic carbocycles. The standard InChI is InChI=1S/C44H69NO11/c1-10-16-32-22-27(2)21-28(3)23-36(52-7)39-37(53-8)24-30(5)44(51,56-39)40(48)41(49)45-20-15-12-17-33(45)42(50)55-38(31(6)34(46)25-35(32)47)29(4)26-43(54-9)18-13-11-14-19-43/h10,22,26,28,30-34,36-39,46,51H,1,11-21,23-25H2,2-9H3. The van der Waals surface area contributed by atoms with Crippen molar-refractivity contribution >= 4 is 23.4 Å². The molecule has 2 saturated heterocycles. The molecule has 56 heavy (non-hydrogen) atoms. The number of fused-ring (bicyclic) bond motifs is 3. The minimum absolute atomic E-state index is 0.0219. The fourth-order valence-electron chi connectivity index (χ4n) is 9.46. The number of Topliss-reactive ketones (excluding diaryl/α,β-unsaturated/α-hetero) is 2. The van der Waals surface area contributed by atoms with E-state index in [0.717, 1.165) is 37.7 Å². The Hall–Kier alpha value is -2.74. The van der Waals surface area contributed by atoms with Gasteiger partial charge < -0.3 is 38.8 Å². The first-order valence-corrected chi connectivity index (χ1v) is 20.8. The Labute approximate surface area is 334 Å². The summed E-state index contributed by atoms with van der Waals surface area (Å²) < 4.78 is 30.3. The third-order valence-electron chi connectivity index (χ3n) is 12.9. The van der Waals surface area contributed by atoms with E-state index in [1.54, 1.807) is 27.0 Å². The third kappa shape index (κ3) is 10.7. The maximum atomic E-state index is 14.3. The van der Waals surface area contributed by atoms with Crippen molar-refractivity contribution < 1.29 is 53.1 Å². The molecule has 4 rings (SSSR count). The number of ether oxygens (including phenoxy) is 5. The van der Waals surface area contributed by atoms with Gasteiger partial charge in [-0.15, -0.1) is 6.58 Å². The fraction of sp³-hybridized carbons (Fsp3) is 0.773. The third-order valence-corrected chi connectivity index (χ3v) is 12.9. The van der Waals surface area contributed by atoms with Crippen LogP contribution in [0, 0.1) is 23.7 Å². The summed E-state index contributed by atoms with van der Waals surface area (Å²) in [6.45, 7) is 13.2. The number of aliphatic hydroxyl groups is 2. The van der Waals surface area contributed by atoms with Gasteiger partial charge in [0.15, 0.2) is 0 Å². The molecule has 1 amide bonds. The first kappa shape index (κ1) is 46.0. The molecule has 1 saturated carbocycles. The molecular formula is C44H69NO11. The Balaban J connectivity index is 1.80. The normalized spacial score (nSPS) is 37.5. The Kier molecular flexibility index (Phi) is 16.7. The summed E-state index contributed by atoms with van der Waals surface area (Å²) in [6, 6.07) is -1.12. The highest BCUT2D eigenvalue weighted by Gasteiger charge is 2.56. The Bertz CT molecular complexity index is 1450. The zero-order valence-electron chi connectivity index (χ0n) is 35.1. The van der Waals surface area contributed by atoms with E-state index in [1.165, 1.54) is 19.1 Å². The predicted octanol–water partition coefficient (Wildman–Crippen LogP) is 5.81. The molecule has 0 spiro atoms. The average Bonchev–Trinajstić information content (AvgIpc) is 3.18. The molecule has 0 aromatic carbocycles. The van der Waals surface area contributed by atoms with Crippen molar-refractivity contribution in [1.82, 2.24) is 4.90 Å². The van der Waals surface area contributed by atoms with Crippen molar-refractivity contribution in [2.45, 2.75) is 166 Å². The molecule has 316 valence electrons. The molecule has 12 nitrogen and oxygen atoms in total. The van der Waals surface area contributed by atoms with Crippen LogP contribution in [0.15, 0.2) is 36.0 Å². The number of piperidine rings is 1. The van der Waals surface area contributed by atoms with E-state index in [9.17, 15) is 29.4 Å². The lowest BCUT2D eigenvalue weighted by atomic mass is 9.80. The number of aliphatic hydroxyl groups excluding tert-OH is 1. The van der Waals surface area contributed by atoms with Crippen molar-refractivity contribution in [3.63, 3.8) is 0 Å². The lowest BCUT2D eigenvalue weighted by Crippen LogP contribution is -2.64. The van der Waals surface area contributed by atoms with E-state index in [0.29, 0.717) is 37.7 Å². The van der Waals surface area contributed by atoms with Crippen LogP contribution in [0.2, 0.25) is 0 Å². The van der Waals surface area contributed by atoms with E-state index in [-0.39, 0.29) is 37.5 Å². The number of amides is 1. The summed E-state index contributed by atoms with van der Waals surface area (Å²) >= 11 is 0. The van der Waals surface area contributed by atoms with Crippen molar-refractivity contribution in [3.8, 4) is 0 Å². The van der Waals surface area contributed by atoms with Gasteiger partial charge in [0.25, 0.3) is 11.7 Å². The van der Waals surface area contributed by atoms with Gasteiger partial charge in [-0.1, -0.05) is 63.8 Å². The molecule has 3 fully saturated rings. The van der Waals surface area contributed by atoms with Crippen molar-refractivity contribution in [1.29, 1.82) is 0 Å². The van der Waals surface area contributed by atoms with Gasteiger partial charge in [-0.05, 0) is 83.1 Å². The minimum Gasteiger partial charge on any atom is -0.456 e. The van der Waals surface area contributed by atoms with Crippen LogP contribution in [-0.4, -0.2) is 114 Å². The summed E-state index contributed by atoms with van der Waals surface area (Å²) in [5.41, 5.74) is 1.07. The van der Waals surface area contributed by atoms with Crippen LogP contribution in [0.1, 0.15) is 118 Å². The van der Waals surface area contributed by atoms with Gasteiger partial charge in [-0.2, -0.15) is 0 Å². The first-order chi connectivity index (χ1) is 26.5. The number of carbonyl (C=O) groups excluding carboxylic acids is 4. The van der Waals surface area contributed by atoms with E-state index >= 15 is 0 Å². The van der Waals surface area contributed by atoms with E-state index in [2.05, 4.69) is 6.58 Å². The molecule has 2 N–H and O–H groups in total. The van der Waals surface area contributed by atoms with Crippen LogP contribution in [0.3, 0.4) is 0 Å². The molecule has 4 aliphatic rings. The van der Waals surface area contributed by atoms with Crippen LogP contribution in [0.4, 0.5) is 0 Å². The lowest BCUT2D eigenvalue weighted by molar-refractivity contribution is -0.302. The zero-order chi connectivity index (χ0) is 41.4. The average molecular weight is 788 g/mol. The second-order valence-corrected chi connectivity index (χ2v) is 17.2. The highest BCUT2D eigenvalue weighted by molar-refractivity contribution is 6.39. The van der Waals surface area contributed by atoms with Crippen LogP contribution in [0.25, 0.3) is 0 Å². The summed E-state index contributed by atoms with van der Waals surface area (Å²) in [5, 5.41) is 23.8. The monoisotopic (exact) mass is 787 g/mol. The highest BCUT2D eigenvalue weighted by atomic mass is 16.7. The topological polar surface area (TPSA) is 158 Å². The second kappa shape index (κ2) is 20.3. The number of cyclic esters (lactones) is 1. The Morgan fingerprint density at radius 2 is 1.64 bits per heavy atom. The van der Waals surface area contributed by atoms with Gasteiger partial charge in [0.05, 0.1) is 23.9 Å². The van der Waals surface area contributed by atoms with E-state index < -0.39 is 83.4 Å². The Morgan fingerprint density at radius 1 is 0.982 bits per heavy atom. The van der Waals surface area contributed by atoms with E-state index in [1.807, 2.05) is 32.9 Å². The number of esters is 1. The molecule has 12 heteroatoms. The molecule has 11 atom stereocenters. The van der Waals surface area contributed by atoms with Crippen LogP contribution in [0.5, 0.6) is 0 Å². The smallest absolute Gasteiger partial charge is 0.329 e. The van der Waals surface area contributed by atoms with Crippen LogP contribution < -0.4 is 0 Å². The first-order valence-electron chi connectivity index (χ1n) is 20.8. The second-order valence-electron chi connectivity index (χ2n) is 17.2. The maximum Gasteiger partial charge on any atom is 0.329 e. The molecule has 0 aromatic heterocycles. The fourth-order valence-corrected chi connectivity index (χ4v) is 9.46. The molecule has 3 heterocycles. The van der Waals surface area contributed by atoms with E-state index in [4.69, 9.17) is 23.7 Å². The summed E-state index contributed by atoms with van der Waals surface area (Å²) in [4.78, 5) is 57.9. The molecule has 0 radical (unpaired) electrons. The van der Waals surface area contributed by atoms with Crippen molar-refractivity contribution in [3.05, 3.63) is 36.0 Å². The molecule has 11 unspecified atom stereocenters. The number of hydrogen-bond donors (Lipinski definition) is 2. The number of nitrogens with zero attached hydrogens (tertiary/aromatic N) is 1. The number of allylic oxidation sites excluding steroid dienone is 3. The quantitative estimate of drug-likeness (QED) is 0.182. The molecule has 2 bridgehead atoms.